The Kier molecular flexibility index (Phi) is 4.79. The van der Waals surface area contributed by atoms with Crippen molar-refractivity contribution < 1.29 is 14.6 Å². The minimum absolute atomic E-state index is 0.0381. The summed E-state index contributed by atoms with van der Waals surface area (Å²) in [5, 5.41) is 9.51. The van der Waals surface area contributed by atoms with Crippen molar-refractivity contribution in [2.75, 3.05) is 0 Å². The van der Waals surface area contributed by atoms with Crippen molar-refractivity contribution in [1.29, 1.82) is 0 Å². The van der Waals surface area contributed by atoms with Gasteiger partial charge in [0.15, 0.2) is 0 Å². The zero-order valence-corrected chi connectivity index (χ0v) is 15.4. The van der Waals surface area contributed by atoms with E-state index < -0.39 is 0 Å². The van der Waals surface area contributed by atoms with E-state index in [9.17, 15) is 9.90 Å². The van der Waals surface area contributed by atoms with Crippen LogP contribution in [0.5, 0.6) is 0 Å². The third kappa shape index (κ3) is 3.06. The molecule has 4 saturated carbocycles. The van der Waals surface area contributed by atoms with Gasteiger partial charge in [0.1, 0.15) is 6.10 Å². The molecule has 132 valence electrons. The molecule has 3 heteroatoms. The van der Waals surface area contributed by atoms with Gasteiger partial charge in [-0.3, -0.25) is 4.79 Å². The molecule has 0 aliphatic heterocycles. The van der Waals surface area contributed by atoms with Crippen LogP contribution >= 0.6 is 0 Å². The van der Waals surface area contributed by atoms with Crippen LogP contribution in [-0.4, -0.2) is 23.3 Å². The molecule has 4 bridgehead atoms. The maximum absolute atomic E-state index is 10.8. The van der Waals surface area contributed by atoms with Crippen LogP contribution < -0.4 is 0 Å². The minimum atomic E-state index is -0.114. The molecule has 4 rings (SSSR count). The lowest BCUT2D eigenvalue weighted by Crippen LogP contribution is -2.31. The van der Waals surface area contributed by atoms with Crippen LogP contribution in [0.1, 0.15) is 60.3 Å². The summed E-state index contributed by atoms with van der Waals surface area (Å²) in [6.45, 7) is 10.8. The number of aliphatic hydroxyl groups is 1. The lowest BCUT2D eigenvalue weighted by Gasteiger charge is -2.30. The average molecular weight is 322 g/mol. The molecule has 23 heavy (non-hydrogen) atoms. The van der Waals surface area contributed by atoms with Gasteiger partial charge in [-0.2, -0.15) is 0 Å². The summed E-state index contributed by atoms with van der Waals surface area (Å²) in [6, 6.07) is 0. The summed E-state index contributed by atoms with van der Waals surface area (Å²) in [6.07, 6.45) is 5.03. The van der Waals surface area contributed by atoms with E-state index in [0.717, 1.165) is 48.3 Å². The molecule has 1 N–H and O–H groups in total. The molecule has 4 aliphatic carbocycles. The van der Waals surface area contributed by atoms with Crippen LogP contribution in [0.15, 0.2) is 0 Å². The second-order valence-corrected chi connectivity index (χ2v) is 8.94. The van der Waals surface area contributed by atoms with Gasteiger partial charge in [-0.1, -0.05) is 27.7 Å². The molecule has 0 heterocycles. The Morgan fingerprint density at radius 2 is 1.35 bits per heavy atom. The normalized spacial score (nSPS) is 53.1. The fourth-order valence-corrected chi connectivity index (χ4v) is 6.12. The first-order valence-corrected chi connectivity index (χ1v) is 9.64. The van der Waals surface area contributed by atoms with Crippen LogP contribution in [0, 0.1) is 47.3 Å². The van der Waals surface area contributed by atoms with Crippen molar-refractivity contribution in [3.8, 4) is 0 Å². The van der Waals surface area contributed by atoms with Gasteiger partial charge in [-0.05, 0) is 73.0 Å². The largest absolute Gasteiger partial charge is 0.462 e. The molecule has 0 spiro atoms. The third-order valence-electron chi connectivity index (χ3n) is 8.01. The van der Waals surface area contributed by atoms with Crippen LogP contribution in [0.2, 0.25) is 0 Å². The Bertz CT molecular complexity index is 444. The van der Waals surface area contributed by atoms with E-state index in [1.165, 1.54) is 19.8 Å². The molecular formula is C20H34O3. The first-order valence-electron chi connectivity index (χ1n) is 9.64. The number of ether oxygens (including phenoxy) is 1. The highest BCUT2D eigenvalue weighted by Crippen LogP contribution is 2.53. The van der Waals surface area contributed by atoms with Gasteiger partial charge < -0.3 is 9.84 Å². The molecule has 4 aliphatic rings. The van der Waals surface area contributed by atoms with E-state index in [-0.39, 0.29) is 18.2 Å². The van der Waals surface area contributed by atoms with Crippen molar-refractivity contribution in [2.45, 2.75) is 72.5 Å². The predicted molar refractivity (Wildman–Crippen MR) is 90.6 cm³/mol. The Morgan fingerprint density at radius 3 is 1.74 bits per heavy atom. The van der Waals surface area contributed by atoms with Gasteiger partial charge in [0.25, 0.3) is 0 Å². The van der Waals surface area contributed by atoms with Crippen molar-refractivity contribution in [3.05, 3.63) is 0 Å². The monoisotopic (exact) mass is 322 g/mol. The van der Waals surface area contributed by atoms with E-state index >= 15 is 0 Å². The molecule has 4 fully saturated rings. The summed E-state index contributed by atoms with van der Waals surface area (Å²) in [7, 11) is 0. The highest BCUT2D eigenvalue weighted by atomic mass is 16.5. The topological polar surface area (TPSA) is 46.5 Å². The predicted octanol–water partition coefficient (Wildman–Crippen LogP) is 3.89. The number of fused-ring (bicyclic) bond motifs is 4. The van der Waals surface area contributed by atoms with Gasteiger partial charge in [-0.15, -0.1) is 0 Å². The van der Waals surface area contributed by atoms with Crippen molar-refractivity contribution in [1.82, 2.24) is 0 Å². The molecule has 0 aromatic rings. The number of hydrogen-bond donors (Lipinski definition) is 1. The van der Waals surface area contributed by atoms with E-state index in [2.05, 4.69) is 27.7 Å². The van der Waals surface area contributed by atoms with E-state index in [1.807, 2.05) is 0 Å². The van der Waals surface area contributed by atoms with Crippen LogP contribution in [0.4, 0.5) is 0 Å². The smallest absolute Gasteiger partial charge is 0.302 e. The second-order valence-electron chi connectivity index (χ2n) is 8.94. The molecule has 10 atom stereocenters. The quantitative estimate of drug-likeness (QED) is 0.745. The molecular weight excluding hydrogens is 288 g/mol. The van der Waals surface area contributed by atoms with E-state index in [0.29, 0.717) is 11.8 Å². The van der Waals surface area contributed by atoms with Crippen LogP contribution in [0.3, 0.4) is 0 Å². The Hall–Kier alpha value is -0.570. The van der Waals surface area contributed by atoms with Gasteiger partial charge in [0.2, 0.25) is 0 Å². The van der Waals surface area contributed by atoms with Gasteiger partial charge in [0.05, 0.1) is 6.10 Å². The summed E-state index contributed by atoms with van der Waals surface area (Å²) in [5.41, 5.74) is 0. The molecule has 0 amide bonds. The highest BCUT2D eigenvalue weighted by Gasteiger charge is 2.50. The van der Waals surface area contributed by atoms with Crippen molar-refractivity contribution in [2.24, 2.45) is 47.3 Å². The zero-order chi connectivity index (χ0) is 16.9. The van der Waals surface area contributed by atoms with Gasteiger partial charge in [0, 0.05) is 6.92 Å². The maximum atomic E-state index is 10.8. The molecule has 10 unspecified atom stereocenters. The maximum Gasteiger partial charge on any atom is 0.302 e. The first-order chi connectivity index (χ1) is 10.8. The standard InChI is InChI=1S/C11H18O2.C9H16O/c1-6-7(2)10-4-9(6)5-11(10)13-8(3)12;1-5-6(2)8-3-7(5)4-9(8)10/h6-7,9-11H,4-5H2,1-3H3;5-10H,3-4H2,1-2H3. The fourth-order valence-electron chi connectivity index (χ4n) is 6.12. The third-order valence-corrected chi connectivity index (χ3v) is 8.01. The highest BCUT2D eigenvalue weighted by molar-refractivity contribution is 5.66. The average Bonchev–Trinajstić information content (AvgIpc) is 3.18. The molecule has 0 aromatic carbocycles. The Balaban J connectivity index is 0.000000140. The molecule has 0 radical (unpaired) electrons. The van der Waals surface area contributed by atoms with Crippen molar-refractivity contribution >= 4 is 5.97 Å². The number of esters is 1. The molecule has 0 aromatic heterocycles. The number of carbonyl (C=O) groups excluding carboxylic acids is 1. The SMILES string of the molecule is CC(=O)OC1CC2CC1C(C)C2C.CC1C2CC(O)C(C2)C1C. The lowest BCUT2D eigenvalue weighted by atomic mass is 9.80. The van der Waals surface area contributed by atoms with Crippen molar-refractivity contribution in [3.63, 3.8) is 0 Å². The number of hydrogen-bond acceptors (Lipinski definition) is 3. The number of aliphatic hydroxyl groups excluding tert-OH is 1. The second kappa shape index (κ2) is 6.38. The Labute approximate surface area is 141 Å². The van der Waals surface area contributed by atoms with Crippen LogP contribution in [-0.2, 0) is 9.53 Å². The minimum Gasteiger partial charge on any atom is -0.462 e. The van der Waals surface area contributed by atoms with Gasteiger partial charge >= 0.3 is 5.97 Å². The fraction of sp³-hybridized carbons (Fsp3) is 0.950. The van der Waals surface area contributed by atoms with E-state index in [4.69, 9.17) is 4.74 Å². The number of carbonyl (C=O) groups is 1. The Morgan fingerprint density at radius 1 is 0.826 bits per heavy atom. The molecule has 3 nitrogen and oxygen atoms in total. The number of rotatable bonds is 1. The summed E-state index contributed by atoms with van der Waals surface area (Å²) in [5.74, 6) is 6.03. The molecule has 0 saturated heterocycles. The lowest BCUT2D eigenvalue weighted by molar-refractivity contribution is -0.150. The van der Waals surface area contributed by atoms with Crippen LogP contribution in [0.25, 0.3) is 0 Å². The summed E-state index contributed by atoms with van der Waals surface area (Å²) >= 11 is 0. The first kappa shape index (κ1) is 17.3. The zero-order valence-electron chi connectivity index (χ0n) is 15.4. The van der Waals surface area contributed by atoms with Gasteiger partial charge in [-0.25, -0.2) is 0 Å². The summed E-state index contributed by atoms with van der Waals surface area (Å²) < 4.78 is 5.32. The summed E-state index contributed by atoms with van der Waals surface area (Å²) in [4.78, 5) is 10.8. The van der Waals surface area contributed by atoms with E-state index in [1.54, 1.807) is 0 Å².